The van der Waals surface area contributed by atoms with E-state index in [0.717, 1.165) is 37.1 Å². The third kappa shape index (κ3) is 5.62. The van der Waals surface area contributed by atoms with Gasteiger partial charge in [0.1, 0.15) is 0 Å². The lowest BCUT2D eigenvalue weighted by molar-refractivity contribution is 0.0500. The van der Waals surface area contributed by atoms with Crippen LogP contribution < -0.4 is 4.72 Å². The molecule has 0 bridgehead atoms. The highest BCUT2D eigenvalue weighted by molar-refractivity contribution is 7.89. The number of rotatable bonds is 8. The fraction of sp³-hybridized carbons (Fsp3) is 0.429. The quantitative estimate of drug-likeness (QED) is 0.540. The number of hydrogen-bond acceptors (Lipinski definition) is 5. The second-order valence-electron chi connectivity index (χ2n) is 7.14. The normalized spacial score (nSPS) is 14.9. The van der Waals surface area contributed by atoms with E-state index in [1.807, 2.05) is 25.1 Å². The molecule has 0 aliphatic heterocycles. The predicted octanol–water partition coefficient (Wildman–Crippen LogP) is 3.40. The van der Waals surface area contributed by atoms with Gasteiger partial charge in [0.15, 0.2) is 0 Å². The number of sulfonamides is 1. The number of nitrogens with one attached hydrogen (secondary N) is 1. The van der Waals surface area contributed by atoms with Crippen LogP contribution in [0.5, 0.6) is 0 Å². The monoisotopic (exact) mass is 402 g/mol. The van der Waals surface area contributed by atoms with Gasteiger partial charge in [-0.1, -0.05) is 25.0 Å². The van der Waals surface area contributed by atoms with Crippen molar-refractivity contribution in [2.24, 2.45) is 0 Å². The van der Waals surface area contributed by atoms with Crippen molar-refractivity contribution in [3.8, 4) is 0 Å². The maximum Gasteiger partial charge on any atom is 0.338 e. The van der Waals surface area contributed by atoms with Crippen molar-refractivity contribution in [1.82, 2.24) is 9.71 Å². The van der Waals surface area contributed by atoms with Crippen LogP contribution in [-0.4, -0.2) is 32.0 Å². The van der Waals surface area contributed by atoms with E-state index in [-0.39, 0.29) is 23.1 Å². The van der Waals surface area contributed by atoms with Crippen LogP contribution in [0.4, 0.5) is 0 Å². The third-order valence-electron chi connectivity index (χ3n) is 4.81. The van der Waals surface area contributed by atoms with Gasteiger partial charge in [-0.25, -0.2) is 17.9 Å². The van der Waals surface area contributed by atoms with Crippen LogP contribution >= 0.6 is 0 Å². The molecule has 0 atom stereocenters. The molecule has 1 aliphatic carbocycles. The molecule has 0 saturated heterocycles. The van der Waals surface area contributed by atoms with E-state index in [9.17, 15) is 13.2 Å². The Morgan fingerprint density at radius 3 is 2.68 bits per heavy atom. The first-order valence-corrected chi connectivity index (χ1v) is 11.1. The molecule has 1 aromatic heterocycles. The molecule has 0 radical (unpaired) electrons. The first kappa shape index (κ1) is 20.5. The molecule has 1 aliphatic rings. The van der Waals surface area contributed by atoms with E-state index in [1.165, 1.54) is 12.1 Å². The number of hydrogen-bond donors (Lipinski definition) is 1. The minimum Gasteiger partial charge on any atom is -0.462 e. The Kier molecular flexibility index (Phi) is 6.80. The minimum absolute atomic E-state index is 0.0177. The van der Waals surface area contributed by atoms with E-state index < -0.39 is 16.0 Å². The van der Waals surface area contributed by atoms with E-state index in [1.54, 1.807) is 12.1 Å². The zero-order chi connectivity index (χ0) is 20.0. The maximum atomic E-state index is 12.5. The molecule has 1 aromatic carbocycles. The second-order valence-corrected chi connectivity index (χ2v) is 8.85. The first-order valence-electron chi connectivity index (χ1n) is 9.66. The lowest BCUT2D eigenvalue weighted by Crippen LogP contribution is -2.32. The van der Waals surface area contributed by atoms with Crippen molar-refractivity contribution in [1.29, 1.82) is 0 Å². The fourth-order valence-electron chi connectivity index (χ4n) is 3.36. The van der Waals surface area contributed by atoms with Crippen molar-refractivity contribution in [2.45, 2.75) is 56.4 Å². The summed E-state index contributed by atoms with van der Waals surface area (Å²) in [7, 11) is -3.63. The van der Waals surface area contributed by atoms with Gasteiger partial charge >= 0.3 is 5.97 Å². The highest BCUT2D eigenvalue weighted by Crippen LogP contribution is 2.21. The van der Waals surface area contributed by atoms with Crippen LogP contribution in [0, 0.1) is 6.92 Å². The van der Waals surface area contributed by atoms with Crippen LogP contribution in [0.1, 0.15) is 53.8 Å². The Morgan fingerprint density at radius 2 is 1.93 bits per heavy atom. The number of esters is 1. The minimum atomic E-state index is -3.63. The Hall–Kier alpha value is -2.25. The molecule has 1 saturated carbocycles. The topological polar surface area (TPSA) is 85.4 Å². The summed E-state index contributed by atoms with van der Waals surface area (Å²) in [5.41, 5.74) is 2.16. The lowest BCUT2D eigenvalue weighted by atomic mass is 10.2. The van der Waals surface area contributed by atoms with Gasteiger partial charge in [0.2, 0.25) is 10.0 Å². The summed E-state index contributed by atoms with van der Waals surface area (Å²) in [4.78, 5) is 16.8. The van der Waals surface area contributed by atoms with Gasteiger partial charge in [-0.2, -0.15) is 0 Å². The van der Waals surface area contributed by atoms with Crippen molar-refractivity contribution in [2.75, 3.05) is 6.61 Å². The van der Waals surface area contributed by atoms with Crippen molar-refractivity contribution in [3.63, 3.8) is 0 Å². The van der Waals surface area contributed by atoms with E-state index in [0.29, 0.717) is 12.8 Å². The number of benzene rings is 1. The third-order valence-corrected chi connectivity index (χ3v) is 6.33. The number of aryl methyl sites for hydroxylation is 2. The summed E-state index contributed by atoms with van der Waals surface area (Å²) in [6.07, 6.45) is 5.17. The van der Waals surface area contributed by atoms with Gasteiger partial charge in [0.25, 0.3) is 0 Å². The van der Waals surface area contributed by atoms with Crippen LogP contribution in [0.15, 0.2) is 47.4 Å². The smallest absolute Gasteiger partial charge is 0.338 e. The molecule has 1 heterocycles. The van der Waals surface area contributed by atoms with Gasteiger partial charge in [-0.15, -0.1) is 0 Å². The SMILES string of the molecule is Cc1cccc(CCCOC(=O)c2cccc(S(=O)(=O)NC3CCCC3)c2)n1. The molecule has 2 aromatic rings. The number of carbonyl (C=O) groups is 1. The van der Waals surface area contributed by atoms with Gasteiger partial charge in [0, 0.05) is 17.4 Å². The number of nitrogens with zero attached hydrogens (tertiary/aromatic N) is 1. The summed E-state index contributed by atoms with van der Waals surface area (Å²) in [5.74, 6) is -0.518. The molecule has 28 heavy (non-hydrogen) atoms. The lowest BCUT2D eigenvalue weighted by Gasteiger charge is -2.13. The predicted molar refractivity (Wildman–Crippen MR) is 107 cm³/mol. The van der Waals surface area contributed by atoms with Gasteiger partial charge < -0.3 is 4.74 Å². The van der Waals surface area contributed by atoms with Gasteiger partial charge in [-0.3, -0.25) is 4.98 Å². The molecule has 3 rings (SSSR count). The van der Waals surface area contributed by atoms with Crippen molar-refractivity contribution in [3.05, 3.63) is 59.4 Å². The summed E-state index contributed by atoms with van der Waals surface area (Å²) in [5, 5.41) is 0. The fourth-order valence-corrected chi connectivity index (χ4v) is 4.71. The van der Waals surface area contributed by atoms with Crippen molar-refractivity contribution >= 4 is 16.0 Å². The molecule has 7 heteroatoms. The van der Waals surface area contributed by atoms with Crippen LogP contribution in [0.2, 0.25) is 0 Å². The molecule has 1 fully saturated rings. The zero-order valence-corrected chi connectivity index (χ0v) is 16.9. The number of aromatic nitrogens is 1. The van der Waals surface area contributed by atoms with E-state index in [2.05, 4.69) is 9.71 Å². The van der Waals surface area contributed by atoms with E-state index >= 15 is 0 Å². The number of pyridine rings is 1. The summed E-state index contributed by atoms with van der Waals surface area (Å²) < 4.78 is 33.1. The van der Waals surface area contributed by atoms with Crippen LogP contribution in [0.25, 0.3) is 0 Å². The highest BCUT2D eigenvalue weighted by Gasteiger charge is 2.23. The van der Waals surface area contributed by atoms with Gasteiger partial charge in [-0.05, 0) is 62.9 Å². The molecular weight excluding hydrogens is 376 g/mol. The van der Waals surface area contributed by atoms with Crippen LogP contribution in [0.3, 0.4) is 0 Å². The standard InChI is InChI=1S/C21H26N2O4S/c1-16-7-4-11-18(22-16)12-6-14-27-21(24)17-8-5-13-20(15-17)28(25,26)23-19-9-2-3-10-19/h4-5,7-8,11,13,15,19,23H,2-3,6,9-10,12,14H2,1H3. The maximum absolute atomic E-state index is 12.5. The van der Waals surface area contributed by atoms with Gasteiger partial charge in [0.05, 0.1) is 17.1 Å². The largest absolute Gasteiger partial charge is 0.462 e. The Balaban J connectivity index is 1.54. The number of ether oxygens (including phenoxy) is 1. The second kappa shape index (κ2) is 9.30. The first-order chi connectivity index (χ1) is 13.4. The van der Waals surface area contributed by atoms with Crippen LogP contribution in [-0.2, 0) is 21.2 Å². The molecule has 6 nitrogen and oxygen atoms in total. The highest BCUT2D eigenvalue weighted by atomic mass is 32.2. The molecule has 0 unspecified atom stereocenters. The molecule has 1 N–H and O–H groups in total. The molecular formula is C21H26N2O4S. The molecule has 150 valence electrons. The van der Waals surface area contributed by atoms with Crippen molar-refractivity contribution < 1.29 is 17.9 Å². The molecule has 0 spiro atoms. The van der Waals surface area contributed by atoms with E-state index in [4.69, 9.17) is 4.74 Å². The summed E-state index contributed by atoms with van der Waals surface area (Å²) in [6.45, 7) is 2.19. The average molecular weight is 403 g/mol. The number of carbonyl (C=O) groups excluding carboxylic acids is 1. The Morgan fingerprint density at radius 1 is 1.18 bits per heavy atom. The Bertz CT molecular complexity index is 922. The zero-order valence-electron chi connectivity index (χ0n) is 16.1. The molecule has 0 amide bonds. The summed E-state index contributed by atoms with van der Waals surface area (Å²) >= 11 is 0. The average Bonchev–Trinajstić information content (AvgIpc) is 3.17. The summed E-state index contributed by atoms with van der Waals surface area (Å²) in [6, 6.07) is 11.8. The Labute approximate surface area is 166 Å².